The van der Waals surface area contributed by atoms with Crippen LogP contribution < -0.4 is 10.0 Å². The van der Waals surface area contributed by atoms with E-state index in [0.29, 0.717) is 5.02 Å². The molecule has 0 fully saturated rings. The number of hydrogen-bond donors (Lipinski definition) is 2. The smallest absolute Gasteiger partial charge is 0.253 e. The topological polar surface area (TPSA) is 101 Å². The molecule has 3 rings (SSSR count). The molecular formula is C17H14ClFN4O3S. The third-order valence-corrected chi connectivity index (χ3v) is 5.29. The molecule has 3 aromatic rings. The highest BCUT2D eigenvalue weighted by atomic mass is 35.5. The first-order valence-corrected chi connectivity index (χ1v) is 9.66. The number of fused-ring (bicyclic) bond motifs is 1. The van der Waals surface area contributed by atoms with E-state index in [1.165, 1.54) is 36.7 Å². The lowest BCUT2D eigenvalue weighted by Crippen LogP contribution is -2.34. The van der Waals surface area contributed by atoms with E-state index in [9.17, 15) is 17.6 Å². The van der Waals surface area contributed by atoms with Gasteiger partial charge in [-0.2, -0.15) is 0 Å². The molecule has 1 heterocycles. The number of rotatable bonds is 6. The van der Waals surface area contributed by atoms with Gasteiger partial charge in [0.05, 0.1) is 16.0 Å². The van der Waals surface area contributed by atoms with E-state index in [2.05, 4.69) is 20.0 Å². The maximum Gasteiger partial charge on any atom is 0.253 e. The number of sulfonamides is 1. The van der Waals surface area contributed by atoms with Gasteiger partial charge in [0.25, 0.3) is 5.91 Å². The maximum atomic E-state index is 13.7. The highest BCUT2D eigenvalue weighted by Crippen LogP contribution is 2.17. The molecule has 0 saturated carbocycles. The van der Waals surface area contributed by atoms with Crippen LogP contribution in [0, 0.1) is 5.82 Å². The lowest BCUT2D eigenvalue weighted by atomic mass is 10.1. The van der Waals surface area contributed by atoms with Gasteiger partial charge < -0.3 is 5.32 Å². The molecule has 0 spiro atoms. The van der Waals surface area contributed by atoms with Gasteiger partial charge in [-0.05, 0) is 24.3 Å². The van der Waals surface area contributed by atoms with E-state index in [1.807, 2.05) is 0 Å². The van der Waals surface area contributed by atoms with Gasteiger partial charge in [-0.15, -0.1) is 0 Å². The Hall–Kier alpha value is -2.62. The Morgan fingerprint density at radius 1 is 1.11 bits per heavy atom. The number of aromatic nitrogens is 2. The van der Waals surface area contributed by atoms with Gasteiger partial charge in [0.1, 0.15) is 11.3 Å². The monoisotopic (exact) mass is 408 g/mol. The number of halogens is 2. The molecule has 0 atom stereocenters. The van der Waals surface area contributed by atoms with Crippen LogP contribution in [-0.4, -0.2) is 37.4 Å². The number of benzene rings is 2. The van der Waals surface area contributed by atoms with Gasteiger partial charge >= 0.3 is 0 Å². The van der Waals surface area contributed by atoms with Crippen molar-refractivity contribution in [1.82, 2.24) is 20.0 Å². The van der Waals surface area contributed by atoms with Gasteiger partial charge in [0.15, 0.2) is 0 Å². The molecule has 1 amide bonds. The van der Waals surface area contributed by atoms with Gasteiger partial charge in [0.2, 0.25) is 10.0 Å². The summed E-state index contributed by atoms with van der Waals surface area (Å²) in [5, 5.41) is 2.82. The second kappa shape index (κ2) is 7.95. The summed E-state index contributed by atoms with van der Waals surface area (Å²) in [5.74, 6) is -1.20. The average Bonchev–Trinajstić information content (AvgIpc) is 2.64. The number of carbonyl (C=O) groups is 1. The Bertz CT molecular complexity index is 1110. The summed E-state index contributed by atoms with van der Waals surface area (Å²) in [5.41, 5.74) is 0.538. The van der Waals surface area contributed by atoms with E-state index in [0.717, 1.165) is 6.07 Å². The number of carbonyl (C=O) groups excluding carboxylic acids is 1. The second-order valence-corrected chi connectivity index (χ2v) is 7.69. The second-order valence-electron chi connectivity index (χ2n) is 5.49. The molecule has 0 saturated heterocycles. The van der Waals surface area contributed by atoms with Crippen LogP contribution in [0.1, 0.15) is 10.4 Å². The summed E-state index contributed by atoms with van der Waals surface area (Å²) >= 11 is 5.79. The zero-order valence-corrected chi connectivity index (χ0v) is 15.4. The minimum atomic E-state index is -3.75. The molecule has 1 aromatic heterocycles. The van der Waals surface area contributed by atoms with Crippen molar-refractivity contribution in [3.8, 4) is 0 Å². The quantitative estimate of drug-likeness (QED) is 0.608. The van der Waals surface area contributed by atoms with Crippen LogP contribution in [-0.2, 0) is 10.0 Å². The number of hydrogen-bond acceptors (Lipinski definition) is 5. The molecule has 0 bridgehead atoms. The molecule has 0 aliphatic carbocycles. The van der Waals surface area contributed by atoms with Crippen molar-refractivity contribution in [2.75, 3.05) is 13.1 Å². The van der Waals surface area contributed by atoms with Gasteiger partial charge in [-0.1, -0.05) is 17.7 Å². The van der Waals surface area contributed by atoms with Crippen LogP contribution in [0.4, 0.5) is 4.39 Å². The molecule has 0 aliphatic heterocycles. The first kappa shape index (κ1) is 19.2. The summed E-state index contributed by atoms with van der Waals surface area (Å²) in [7, 11) is -3.75. The van der Waals surface area contributed by atoms with Gasteiger partial charge in [0, 0.05) is 36.6 Å². The Kier molecular flexibility index (Phi) is 5.64. The van der Waals surface area contributed by atoms with E-state index in [4.69, 9.17) is 11.6 Å². The SMILES string of the molecule is O=C(NCCNS(=O)(=O)c1cccc(Cl)c1)c1cc(F)cc2nccnc12. The van der Waals surface area contributed by atoms with E-state index in [-0.39, 0.29) is 34.6 Å². The standard InChI is InChI=1S/C17H14ClFN4O3S/c18-11-2-1-3-13(8-11)27(25,26)23-7-6-22-17(24)14-9-12(19)10-15-16(14)21-5-4-20-15/h1-5,8-10,23H,6-7H2,(H,22,24). The summed E-state index contributed by atoms with van der Waals surface area (Å²) < 4.78 is 40.4. The highest BCUT2D eigenvalue weighted by Gasteiger charge is 2.16. The van der Waals surface area contributed by atoms with E-state index in [1.54, 1.807) is 6.07 Å². The zero-order chi connectivity index (χ0) is 19.4. The predicted octanol–water partition coefficient (Wildman–Crippen LogP) is 2.13. The third-order valence-electron chi connectivity index (χ3n) is 3.59. The van der Waals surface area contributed by atoms with E-state index < -0.39 is 21.7 Å². The Morgan fingerprint density at radius 3 is 2.67 bits per heavy atom. The number of amides is 1. The minimum absolute atomic E-state index is 0.00308. The lowest BCUT2D eigenvalue weighted by Gasteiger charge is -2.09. The zero-order valence-electron chi connectivity index (χ0n) is 13.8. The summed E-state index contributed by atoms with van der Waals surface area (Å²) in [6.45, 7) is -0.0591. The van der Waals surface area contributed by atoms with Crippen molar-refractivity contribution in [2.24, 2.45) is 0 Å². The number of nitrogens with zero attached hydrogens (tertiary/aromatic N) is 2. The molecule has 10 heteroatoms. The van der Waals surface area contributed by atoms with Crippen LogP contribution in [0.25, 0.3) is 11.0 Å². The normalized spacial score (nSPS) is 11.5. The molecule has 2 N–H and O–H groups in total. The molecule has 27 heavy (non-hydrogen) atoms. The third kappa shape index (κ3) is 4.57. The minimum Gasteiger partial charge on any atom is -0.351 e. The summed E-state index contributed by atoms with van der Waals surface area (Å²) in [4.78, 5) is 20.3. The van der Waals surface area contributed by atoms with Gasteiger partial charge in [-0.25, -0.2) is 17.5 Å². The average molecular weight is 409 g/mol. The van der Waals surface area contributed by atoms with Crippen LogP contribution in [0.15, 0.2) is 53.7 Å². The van der Waals surface area contributed by atoms with Crippen LogP contribution in [0.5, 0.6) is 0 Å². The van der Waals surface area contributed by atoms with Crippen molar-refractivity contribution in [3.63, 3.8) is 0 Å². The Morgan fingerprint density at radius 2 is 1.89 bits per heavy atom. The largest absolute Gasteiger partial charge is 0.351 e. The van der Waals surface area contributed by atoms with Gasteiger partial charge in [-0.3, -0.25) is 14.8 Å². The van der Waals surface area contributed by atoms with Crippen molar-refractivity contribution < 1.29 is 17.6 Å². The van der Waals surface area contributed by atoms with E-state index >= 15 is 0 Å². The maximum absolute atomic E-state index is 13.7. The van der Waals surface area contributed by atoms with Crippen LogP contribution in [0.3, 0.4) is 0 Å². The first-order chi connectivity index (χ1) is 12.9. The highest BCUT2D eigenvalue weighted by molar-refractivity contribution is 7.89. The summed E-state index contributed by atoms with van der Waals surface area (Å²) in [6.07, 6.45) is 2.80. The lowest BCUT2D eigenvalue weighted by molar-refractivity contribution is 0.0955. The molecular weight excluding hydrogens is 395 g/mol. The molecule has 140 valence electrons. The first-order valence-electron chi connectivity index (χ1n) is 7.80. The molecule has 0 radical (unpaired) electrons. The number of nitrogens with one attached hydrogen (secondary N) is 2. The predicted molar refractivity (Wildman–Crippen MR) is 98.5 cm³/mol. The molecule has 2 aromatic carbocycles. The molecule has 7 nitrogen and oxygen atoms in total. The fourth-order valence-corrected chi connectivity index (χ4v) is 3.72. The fraction of sp³-hybridized carbons (Fsp3) is 0.118. The summed E-state index contributed by atoms with van der Waals surface area (Å²) in [6, 6.07) is 8.05. The van der Waals surface area contributed by atoms with Crippen molar-refractivity contribution in [1.29, 1.82) is 0 Å². The van der Waals surface area contributed by atoms with Crippen molar-refractivity contribution >= 4 is 38.6 Å². The molecule has 0 aliphatic rings. The van der Waals surface area contributed by atoms with Crippen LogP contribution in [0.2, 0.25) is 5.02 Å². The Labute approximate surface area is 159 Å². The Balaban J connectivity index is 1.64. The molecule has 0 unspecified atom stereocenters. The van der Waals surface area contributed by atoms with Crippen molar-refractivity contribution in [3.05, 3.63) is 65.2 Å². The van der Waals surface area contributed by atoms with Crippen molar-refractivity contribution in [2.45, 2.75) is 4.90 Å². The van der Waals surface area contributed by atoms with Crippen LogP contribution >= 0.6 is 11.6 Å². The fourth-order valence-electron chi connectivity index (χ4n) is 2.39.